The summed E-state index contributed by atoms with van der Waals surface area (Å²) in [5.74, 6) is 0.321. The Labute approximate surface area is 181 Å². The number of ether oxygens (including phenoxy) is 1. The molecule has 1 N–H and O–H groups in total. The summed E-state index contributed by atoms with van der Waals surface area (Å²) in [4.78, 5) is 26.7. The van der Waals surface area contributed by atoms with Crippen molar-refractivity contribution in [1.82, 2.24) is 19.2 Å². The molecule has 2 aromatic heterocycles. The zero-order chi connectivity index (χ0) is 21.6. The second-order valence-electron chi connectivity index (χ2n) is 7.71. The Kier molecular flexibility index (Phi) is 6.47. The van der Waals surface area contributed by atoms with Gasteiger partial charge in [0.15, 0.2) is 0 Å². The molecule has 8 heteroatoms. The summed E-state index contributed by atoms with van der Waals surface area (Å²) >= 11 is 0. The Morgan fingerprint density at radius 2 is 1.87 bits per heavy atom. The fourth-order valence-corrected chi connectivity index (χ4v) is 4.05. The van der Waals surface area contributed by atoms with E-state index in [1.54, 1.807) is 16.9 Å². The molecule has 0 saturated carbocycles. The van der Waals surface area contributed by atoms with Crippen LogP contribution in [0, 0.1) is 0 Å². The molecule has 0 bridgehead atoms. The highest BCUT2D eigenvalue weighted by atomic mass is 16.5. The van der Waals surface area contributed by atoms with Crippen molar-refractivity contribution >= 4 is 17.7 Å². The summed E-state index contributed by atoms with van der Waals surface area (Å²) in [6.07, 6.45) is 5.36. The van der Waals surface area contributed by atoms with E-state index in [0.717, 1.165) is 31.5 Å². The lowest BCUT2D eigenvalue weighted by atomic mass is 10.0. The van der Waals surface area contributed by atoms with Crippen LogP contribution in [0.5, 0.6) is 0 Å². The standard InChI is InChI=1S/C23H27N5O3/c1-31-23(30)20-8-5-13-27(20)19-10-14-26(15-11-19)17-22(29)25-21-9-12-24-28(21)16-18-6-3-2-4-7-18/h2-9,12-13,19H,10-11,14-17H2,1H3,(H,25,29). The Bertz CT molecular complexity index is 1020. The number of rotatable bonds is 7. The Morgan fingerprint density at radius 3 is 2.61 bits per heavy atom. The van der Waals surface area contributed by atoms with Gasteiger partial charge in [0.1, 0.15) is 11.5 Å². The highest BCUT2D eigenvalue weighted by Gasteiger charge is 2.25. The number of carbonyl (C=O) groups is 2. The minimum Gasteiger partial charge on any atom is -0.464 e. The van der Waals surface area contributed by atoms with E-state index in [4.69, 9.17) is 4.74 Å². The molecule has 31 heavy (non-hydrogen) atoms. The van der Waals surface area contributed by atoms with Crippen LogP contribution in [0.1, 0.15) is 34.9 Å². The maximum absolute atomic E-state index is 12.6. The van der Waals surface area contributed by atoms with Gasteiger partial charge in [0.25, 0.3) is 0 Å². The molecular weight excluding hydrogens is 394 g/mol. The van der Waals surface area contributed by atoms with E-state index in [2.05, 4.69) is 15.3 Å². The quantitative estimate of drug-likeness (QED) is 0.594. The number of nitrogens with zero attached hydrogens (tertiary/aromatic N) is 4. The first kappa shape index (κ1) is 20.9. The number of hydrogen-bond donors (Lipinski definition) is 1. The fourth-order valence-electron chi connectivity index (χ4n) is 4.05. The van der Waals surface area contributed by atoms with Crippen LogP contribution in [0.25, 0.3) is 0 Å². The largest absolute Gasteiger partial charge is 0.464 e. The molecular formula is C23H27N5O3. The first-order chi connectivity index (χ1) is 15.1. The second kappa shape index (κ2) is 9.61. The van der Waals surface area contributed by atoms with Gasteiger partial charge in [-0.05, 0) is 30.5 Å². The van der Waals surface area contributed by atoms with Crippen LogP contribution >= 0.6 is 0 Å². The lowest BCUT2D eigenvalue weighted by Crippen LogP contribution is -2.40. The molecule has 1 aliphatic rings. The van der Waals surface area contributed by atoms with Crippen molar-refractivity contribution in [3.63, 3.8) is 0 Å². The van der Waals surface area contributed by atoms with Gasteiger partial charge in [-0.25, -0.2) is 9.48 Å². The van der Waals surface area contributed by atoms with Crippen molar-refractivity contribution in [3.05, 3.63) is 72.2 Å². The van der Waals surface area contributed by atoms with Crippen LogP contribution in [0.4, 0.5) is 5.82 Å². The third kappa shape index (κ3) is 5.03. The van der Waals surface area contributed by atoms with E-state index in [-0.39, 0.29) is 17.9 Å². The van der Waals surface area contributed by atoms with Crippen molar-refractivity contribution in [2.24, 2.45) is 0 Å². The van der Waals surface area contributed by atoms with Crippen LogP contribution in [0.3, 0.4) is 0 Å². The first-order valence-corrected chi connectivity index (χ1v) is 10.5. The number of nitrogens with one attached hydrogen (secondary N) is 1. The Hall–Kier alpha value is -3.39. The summed E-state index contributed by atoms with van der Waals surface area (Å²) in [6, 6.07) is 15.7. The first-order valence-electron chi connectivity index (χ1n) is 10.5. The van der Waals surface area contributed by atoms with Gasteiger partial charge in [0, 0.05) is 31.4 Å². The summed E-state index contributed by atoms with van der Waals surface area (Å²) in [5.41, 5.74) is 1.70. The van der Waals surface area contributed by atoms with Crippen LogP contribution in [-0.4, -0.2) is 57.9 Å². The van der Waals surface area contributed by atoms with Crippen molar-refractivity contribution in [1.29, 1.82) is 0 Å². The fraction of sp³-hybridized carbons (Fsp3) is 0.348. The maximum Gasteiger partial charge on any atom is 0.354 e. The maximum atomic E-state index is 12.6. The van der Waals surface area contributed by atoms with Crippen molar-refractivity contribution in [3.8, 4) is 0 Å². The van der Waals surface area contributed by atoms with Crippen LogP contribution in [-0.2, 0) is 16.1 Å². The van der Waals surface area contributed by atoms with E-state index < -0.39 is 0 Å². The van der Waals surface area contributed by atoms with Crippen LogP contribution in [0.15, 0.2) is 60.9 Å². The molecule has 0 aliphatic carbocycles. The van der Waals surface area contributed by atoms with E-state index in [1.165, 1.54) is 7.11 Å². The van der Waals surface area contributed by atoms with E-state index >= 15 is 0 Å². The Morgan fingerprint density at radius 1 is 1.10 bits per heavy atom. The van der Waals surface area contributed by atoms with E-state index in [9.17, 15) is 9.59 Å². The van der Waals surface area contributed by atoms with Gasteiger partial charge in [-0.3, -0.25) is 9.69 Å². The summed E-state index contributed by atoms with van der Waals surface area (Å²) in [7, 11) is 1.40. The molecule has 0 unspecified atom stereocenters. The molecule has 1 aromatic carbocycles. The number of methoxy groups -OCH3 is 1. The molecule has 1 aliphatic heterocycles. The zero-order valence-corrected chi connectivity index (χ0v) is 17.6. The number of likely N-dealkylation sites (tertiary alicyclic amines) is 1. The van der Waals surface area contributed by atoms with Crippen molar-refractivity contribution in [2.45, 2.75) is 25.4 Å². The number of carbonyl (C=O) groups excluding carboxylic acids is 2. The number of esters is 1. The molecule has 3 heterocycles. The van der Waals surface area contributed by atoms with Crippen molar-refractivity contribution in [2.75, 3.05) is 32.1 Å². The third-order valence-electron chi connectivity index (χ3n) is 5.65. The molecule has 8 nitrogen and oxygen atoms in total. The smallest absolute Gasteiger partial charge is 0.354 e. The van der Waals surface area contributed by atoms with Crippen LogP contribution < -0.4 is 5.32 Å². The van der Waals surface area contributed by atoms with Gasteiger partial charge in [-0.1, -0.05) is 30.3 Å². The molecule has 0 spiro atoms. The minimum absolute atomic E-state index is 0.0514. The summed E-state index contributed by atoms with van der Waals surface area (Å²) < 4.78 is 8.65. The average Bonchev–Trinajstić information content (AvgIpc) is 3.44. The summed E-state index contributed by atoms with van der Waals surface area (Å²) in [5, 5.41) is 7.31. The van der Waals surface area contributed by atoms with E-state index in [1.807, 2.05) is 53.2 Å². The minimum atomic E-state index is -0.320. The van der Waals surface area contributed by atoms with Gasteiger partial charge in [0.05, 0.1) is 26.4 Å². The molecule has 0 atom stereocenters. The molecule has 162 valence electrons. The highest BCUT2D eigenvalue weighted by molar-refractivity contribution is 5.91. The van der Waals surface area contributed by atoms with Crippen molar-refractivity contribution < 1.29 is 14.3 Å². The van der Waals surface area contributed by atoms with Gasteiger partial charge in [0.2, 0.25) is 5.91 Å². The number of aromatic nitrogens is 3. The normalized spacial score (nSPS) is 15.0. The van der Waals surface area contributed by atoms with Gasteiger partial charge >= 0.3 is 5.97 Å². The van der Waals surface area contributed by atoms with Gasteiger partial charge < -0.3 is 14.6 Å². The van der Waals surface area contributed by atoms with E-state index in [0.29, 0.717) is 24.6 Å². The van der Waals surface area contributed by atoms with Gasteiger partial charge in [-0.15, -0.1) is 0 Å². The number of anilines is 1. The monoisotopic (exact) mass is 421 g/mol. The SMILES string of the molecule is COC(=O)c1cccn1C1CCN(CC(=O)Nc2ccnn2Cc2ccccc2)CC1. The molecule has 0 radical (unpaired) electrons. The number of piperidine rings is 1. The second-order valence-corrected chi connectivity index (χ2v) is 7.71. The molecule has 3 aromatic rings. The van der Waals surface area contributed by atoms with Gasteiger partial charge in [-0.2, -0.15) is 5.10 Å². The number of benzene rings is 1. The Balaban J connectivity index is 1.29. The predicted octanol–water partition coefficient (Wildman–Crippen LogP) is 2.80. The average molecular weight is 422 g/mol. The van der Waals surface area contributed by atoms with Crippen LogP contribution in [0.2, 0.25) is 0 Å². The number of amides is 1. The molecule has 1 amide bonds. The lowest BCUT2D eigenvalue weighted by Gasteiger charge is -2.32. The highest BCUT2D eigenvalue weighted by Crippen LogP contribution is 2.25. The third-order valence-corrected chi connectivity index (χ3v) is 5.65. The molecule has 1 fully saturated rings. The molecule has 1 saturated heterocycles. The predicted molar refractivity (Wildman–Crippen MR) is 117 cm³/mol. The lowest BCUT2D eigenvalue weighted by molar-refractivity contribution is -0.117. The molecule has 4 rings (SSSR count). The summed E-state index contributed by atoms with van der Waals surface area (Å²) in [6.45, 7) is 2.52. The number of hydrogen-bond acceptors (Lipinski definition) is 5. The zero-order valence-electron chi connectivity index (χ0n) is 17.6. The topological polar surface area (TPSA) is 81.4 Å².